The number of unbranched alkanes of at least 4 members (excludes halogenated alkanes) is 7. The van der Waals surface area contributed by atoms with Crippen LogP contribution in [0, 0.1) is 11.8 Å². The van der Waals surface area contributed by atoms with Crippen molar-refractivity contribution in [3.05, 3.63) is 0 Å². The lowest BCUT2D eigenvalue weighted by molar-refractivity contribution is -0.143. The smallest absolute Gasteiger partial charge is 0.305 e. The summed E-state index contributed by atoms with van der Waals surface area (Å²) >= 11 is 0. The molecular weight excluding hydrogens is 272 g/mol. The van der Waals surface area contributed by atoms with Crippen LogP contribution in [0.15, 0.2) is 0 Å². The summed E-state index contributed by atoms with van der Waals surface area (Å²) in [5.74, 6) is 1.60. The summed E-state index contributed by atoms with van der Waals surface area (Å²) < 4.78 is 5.27. The van der Waals surface area contributed by atoms with Crippen molar-refractivity contribution in [2.45, 2.75) is 105 Å². The van der Waals surface area contributed by atoms with Gasteiger partial charge in [-0.25, -0.2) is 0 Å². The van der Waals surface area contributed by atoms with Gasteiger partial charge in [0, 0.05) is 6.42 Å². The predicted molar refractivity (Wildman–Crippen MR) is 96.0 cm³/mol. The van der Waals surface area contributed by atoms with Gasteiger partial charge in [-0.05, 0) is 31.1 Å². The molecule has 132 valence electrons. The monoisotopic (exact) mass is 312 g/mol. The van der Waals surface area contributed by atoms with Gasteiger partial charge >= 0.3 is 5.97 Å². The summed E-state index contributed by atoms with van der Waals surface area (Å²) in [6.45, 7) is 9.67. The van der Waals surface area contributed by atoms with Gasteiger partial charge in [-0.1, -0.05) is 79.1 Å². The first-order chi connectivity index (χ1) is 10.5. The molecule has 0 aliphatic rings. The van der Waals surface area contributed by atoms with E-state index in [2.05, 4.69) is 27.7 Å². The maximum Gasteiger partial charge on any atom is 0.305 e. The minimum Gasteiger partial charge on any atom is -0.466 e. The summed E-state index contributed by atoms with van der Waals surface area (Å²) in [6, 6.07) is 0. The lowest BCUT2D eigenvalue weighted by Crippen LogP contribution is -2.05. The van der Waals surface area contributed by atoms with E-state index in [-0.39, 0.29) is 5.97 Å². The topological polar surface area (TPSA) is 26.3 Å². The van der Waals surface area contributed by atoms with Crippen molar-refractivity contribution in [2.24, 2.45) is 11.8 Å². The Morgan fingerprint density at radius 2 is 1.14 bits per heavy atom. The molecule has 0 N–H and O–H groups in total. The molecule has 0 atom stereocenters. The number of rotatable bonds is 15. The van der Waals surface area contributed by atoms with E-state index in [0.29, 0.717) is 13.0 Å². The highest BCUT2D eigenvalue weighted by Crippen LogP contribution is 2.13. The van der Waals surface area contributed by atoms with Crippen molar-refractivity contribution < 1.29 is 9.53 Å². The van der Waals surface area contributed by atoms with Crippen molar-refractivity contribution in [3.63, 3.8) is 0 Å². The van der Waals surface area contributed by atoms with Crippen molar-refractivity contribution in [1.29, 1.82) is 0 Å². The number of ether oxygens (including phenoxy) is 1. The molecule has 0 unspecified atom stereocenters. The molecular formula is C20H40O2. The van der Waals surface area contributed by atoms with Gasteiger partial charge in [0.05, 0.1) is 6.61 Å². The zero-order valence-corrected chi connectivity index (χ0v) is 15.7. The molecule has 2 heteroatoms. The van der Waals surface area contributed by atoms with Crippen LogP contribution in [0.25, 0.3) is 0 Å². The lowest BCUT2D eigenvalue weighted by atomic mass is 10.0. The first-order valence-electron chi connectivity index (χ1n) is 9.68. The highest BCUT2D eigenvalue weighted by atomic mass is 16.5. The van der Waals surface area contributed by atoms with Gasteiger partial charge in [-0.2, -0.15) is 0 Å². The van der Waals surface area contributed by atoms with E-state index < -0.39 is 0 Å². The standard InChI is InChI=1S/C20H40O2/c1-18(2)14-10-8-6-5-7-9-11-16-20(21)22-17-13-12-15-19(3)4/h18-19H,5-17H2,1-4H3. The maximum atomic E-state index is 11.6. The van der Waals surface area contributed by atoms with Crippen LogP contribution in [-0.4, -0.2) is 12.6 Å². The first-order valence-corrected chi connectivity index (χ1v) is 9.68. The molecule has 0 saturated heterocycles. The van der Waals surface area contributed by atoms with E-state index in [1.165, 1.54) is 57.8 Å². The van der Waals surface area contributed by atoms with Crippen molar-refractivity contribution in [2.75, 3.05) is 6.61 Å². The van der Waals surface area contributed by atoms with Gasteiger partial charge < -0.3 is 4.74 Å². The fourth-order valence-corrected chi connectivity index (χ4v) is 2.62. The van der Waals surface area contributed by atoms with Crippen molar-refractivity contribution >= 4 is 5.97 Å². The van der Waals surface area contributed by atoms with Crippen molar-refractivity contribution in [1.82, 2.24) is 0 Å². The van der Waals surface area contributed by atoms with Gasteiger partial charge in [0.1, 0.15) is 0 Å². The predicted octanol–water partition coefficient (Wildman–Crippen LogP) is 6.52. The Hall–Kier alpha value is -0.530. The van der Waals surface area contributed by atoms with E-state index in [9.17, 15) is 4.79 Å². The third-order valence-corrected chi connectivity index (χ3v) is 4.10. The zero-order chi connectivity index (χ0) is 16.6. The van der Waals surface area contributed by atoms with Gasteiger partial charge in [-0.3, -0.25) is 4.79 Å². The molecule has 0 aromatic heterocycles. The molecule has 0 fully saturated rings. The molecule has 0 aromatic carbocycles. The van der Waals surface area contributed by atoms with Gasteiger partial charge in [-0.15, -0.1) is 0 Å². The summed E-state index contributed by atoms with van der Waals surface area (Å²) in [5.41, 5.74) is 0. The highest BCUT2D eigenvalue weighted by molar-refractivity contribution is 5.69. The van der Waals surface area contributed by atoms with E-state index in [1.54, 1.807) is 0 Å². The fourth-order valence-electron chi connectivity index (χ4n) is 2.62. The van der Waals surface area contributed by atoms with Gasteiger partial charge in [0.2, 0.25) is 0 Å². The molecule has 0 aromatic rings. The second-order valence-corrected chi connectivity index (χ2v) is 7.52. The van der Waals surface area contributed by atoms with Crippen LogP contribution in [0.5, 0.6) is 0 Å². The second-order valence-electron chi connectivity index (χ2n) is 7.52. The van der Waals surface area contributed by atoms with Crippen LogP contribution in [0.1, 0.15) is 105 Å². The molecule has 0 saturated carbocycles. The molecule has 2 nitrogen and oxygen atoms in total. The van der Waals surface area contributed by atoms with E-state index in [4.69, 9.17) is 4.74 Å². The summed E-state index contributed by atoms with van der Waals surface area (Å²) in [4.78, 5) is 11.6. The van der Waals surface area contributed by atoms with E-state index in [1.807, 2.05) is 0 Å². The Bertz CT molecular complexity index is 246. The number of carbonyl (C=O) groups is 1. The number of hydrogen-bond donors (Lipinski definition) is 0. The number of carbonyl (C=O) groups excluding carboxylic acids is 1. The van der Waals surface area contributed by atoms with Gasteiger partial charge in [0.25, 0.3) is 0 Å². The Morgan fingerprint density at radius 1 is 0.682 bits per heavy atom. The molecule has 0 heterocycles. The summed E-state index contributed by atoms with van der Waals surface area (Å²) in [6.07, 6.45) is 14.2. The summed E-state index contributed by atoms with van der Waals surface area (Å²) in [5, 5.41) is 0. The van der Waals surface area contributed by atoms with Crippen LogP contribution in [0.4, 0.5) is 0 Å². The molecule has 0 radical (unpaired) electrons. The molecule has 0 rings (SSSR count). The van der Waals surface area contributed by atoms with Crippen LogP contribution in [-0.2, 0) is 9.53 Å². The molecule has 0 bridgehead atoms. The summed E-state index contributed by atoms with van der Waals surface area (Å²) in [7, 11) is 0. The number of hydrogen-bond acceptors (Lipinski definition) is 2. The first kappa shape index (κ1) is 21.5. The Labute approximate surface area is 139 Å². The Balaban J connectivity index is 3.18. The van der Waals surface area contributed by atoms with Gasteiger partial charge in [0.15, 0.2) is 0 Å². The second kappa shape index (κ2) is 15.4. The van der Waals surface area contributed by atoms with E-state index >= 15 is 0 Å². The quantitative estimate of drug-likeness (QED) is 0.254. The van der Waals surface area contributed by atoms with Crippen LogP contribution in [0.3, 0.4) is 0 Å². The molecule has 22 heavy (non-hydrogen) atoms. The zero-order valence-electron chi connectivity index (χ0n) is 15.7. The lowest BCUT2D eigenvalue weighted by Gasteiger charge is -2.06. The largest absolute Gasteiger partial charge is 0.466 e. The van der Waals surface area contributed by atoms with E-state index in [0.717, 1.165) is 24.7 Å². The molecule has 0 aliphatic carbocycles. The highest BCUT2D eigenvalue weighted by Gasteiger charge is 2.03. The van der Waals surface area contributed by atoms with Crippen LogP contribution in [0.2, 0.25) is 0 Å². The van der Waals surface area contributed by atoms with Crippen LogP contribution >= 0.6 is 0 Å². The maximum absolute atomic E-state index is 11.6. The average Bonchev–Trinajstić information content (AvgIpc) is 2.44. The third kappa shape index (κ3) is 17.5. The molecule has 0 aliphatic heterocycles. The Morgan fingerprint density at radius 3 is 1.68 bits per heavy atom. The van der Waals surface area contributed by atoms with Crippen LogP contribution < -0.4 is 0 Å². The third-order valence-electron chi connectivity index (χ3n) is 4.10. The molecule has 0 spiro atoms. The fraction of sp³-hybridized carbons (Fsp3) is 0.950. The normalized spacial score (nSPS) is 11.4. The van der Waals surface area contributed by atoms with Crippen molar-refractivity contribution in [3.8, 4) is 0 Å². The average molecular weight is 313 g/mol. The number of esters is 1. The minimum absolute atomic E-state index is 0.00137. The Kier molecular flexibility index (Phi) is 15.0. The molecule has 0 amide bonds. The SMILES string of the molecule is CC(C)CCCCCCCCCC(=O)OCCCCC(C)C. The minimum atomic E-state index is 0.00137.